The standard InChI is InChI=1S/C22H23ClN2O4S2/c1-28-16-5-8-19(21(13-16)29-2)20-14-30-22(24-20)25-11-9-18(10-12-25)31(26,27)17-6-3-15(23)4-7-17/h3-8,13-14,18H,9-12H2,1-2H3. The lowest BCUT2D eigenvalue weighted by Crippen LogP contribution is -2.39. The number of hydrogen-bond donors (Lipinski definition) is 0. The molecule has 0 radical (unpaired) electrons. The first-order chi connectivity index (χ1) is 14.9. The molecule has 0 unspecified atom stereocenters. The fourth-order valence-electron chi connectivity index (χ4n) is 3.72. The Labute approximate surface area is 191 Å². The van der Waals surface area contributed by atoms with Crippen molar-refractivity contribution in [2.75, 3.05) is 32.2 Å². The Morgan fingerprint density at radius 3 is 2.42 bits per heavy atom. The minimum absolute atomic E-state index is 0.332. The number of ether oxygens (including phenoxy) is 2. The number of hydrogen-bond acceptors (Lipinski definition) is 7. The number of piperidine rings is 1. The molecule has 0 amide bonds. The number of halogens is 1. The molecule has 0 spiro atoms. The third kappa shape index (κ3) is 4.51. The molecule has 1 aromatic heterocycles. The normalized spacial score (nSPS) is 15.1. The van der Waals surface area contributed by atoms with E-state index in [0.717, 1.165) is 22.1 Å². The van der Waals surface area contributed by atoms with E-state index >= 15 is 0 Å². The van der Waals surface area contributed by atoms with E-state index in [1.165, 1.54) is 0 Å². The molecule has 2 heterocycles. The first-order valence-electron chi connectivity index (χ1n) is 9.84. The summed E-state index contributed by atoms with van der Waals surface area (Å²) in [6, 6.07) is 12.0. The second-order valence-corrected chi connectivity index (χ2v) is 10.8. The molecule has 0 atom stereocenters. The zero-order valence-corrected chi connectivity index (χ0v) is 19.6. The average Bonchev–Trinajstić information content (AvgIpc) is 3.29. The summed E-state index contributed by atoms with van der Waals surface area (Å²) in [5.41, 5.74) is 1.72. The lowest BCUT2D eigenvalue weighted by molar-refractivity contribution is 0.395. The van der Waals surface area contributed by atoms with Crippen LogP contribution in [0.5, 0.6) is 11.5 Å². The van der Waals surface area contributed by atoms with Gasteiger partial charge in [-0.1, -0.05) is 11.6 Å². The number of sulfone groups is 1. The van der Waals surface area contributed by atoms with Crippen LogP contribution in [0.25, 0.3) is 11.3 Å². The van der Waals surface area contributed by atoms with Crippen molar-refractivity contribution in [3.63, 3.8) is 0 Å². The van der Waals surface area contributed by atoms with Crippen LogP contribution in [0.3, 0.4) is 0 Å². The molecule has 4 rings (SSSR count). The summed E-state index contributed by atoms with van der Waals surface area (Å²) in [6.45, 7) is 1.29. The van der Waals surface area contributed by atoms with Gasteiger partial charge in [0.25, 0.3) is 0 Å². The summed E-state index contributed by atoms with van der Waals surface area (Å²) in [5, 5.41) is 3.01. The molecule has 3 aromatic rings. The predicted molar refractivity (Wildman–Crippen MR) is 125 cm³/mol. The lowest BCUT2D eigenvalue weighted by atomic mass is 10.1. The number of aromatic nitrogens is 1. The van der Waals surface area contributed by atoms with Crippen LogP contribution < -0.4 is 14.4 Å². The van der Waals surface area contributed by atoms with Gasteiger partial charge in [-0.2, -0.15) is 0 Å². The van der Waals surface area contributed by atoms with Gasteiger partial charge in [0.05, 0.1) is 30.1 Å². The number of rotatable bonds is 6. The van der Waals surface area contributed by atoms with Gasteiger partial charge in [0, 0.05) is 35.1 Å². The minimum Gasteiger partial charge on any atom is -0.497 e. The van der Waals surface area contributed by atoms with Crippen LogP contribution in [0.1, 0.15) is 12.8 Å². The van der Waals surface area contributed by atoms with Crippen molar-refractivity contribution in [3.8, 4) is 22.8 Å². The smallest absolute Gasteiger partial charge is 0.185 e. The van der Waals surface area contributed by atoms with E-state index in [1.807, 2.05) is 23.6 Å². The van der Waals surface area contributed by atoms with Gasteiger partial charge in [0.1, 0.15) is 11.5 Å². The van der Waals surface area contributed by atoms with Gasteiger partial charge in [0.15, 0.2) is 15.0 Å². The number of benzene rings is 2. The molecule has 1 aliphatic rings. The molecular weight excluding hydrogens is 456 g/mol. The largest absolute Gasteiger partial charge is 0.497 e. The Morgan fingerprint density at radius 1 is 1.06 bits per heavy atom. The van der Waals surface area contributed by atoms with Crippen LogP contribution in [-0.4, -0.2) is 46.0 Å². The van der Waals surface area contributed by atoms with Crippen LogP contribution in [0, 0.1) is 0 Å². The fourth-order valence-corrected chi connectivity index (χ4v) is 6.45. The molecule has 164 valence electrons. The van der Waals surface area contributed by atoms with Crippen LogP contribution >= 0.6 is 22.9 Å². The number of nitrogens with zero attached hydrogens (tertiary/aromatic N) is 2. The summed E-state index contributed by atoms with van der Waals surface area (Å²) in [5.74, 6) is 1.42. The van der Waals surface area contributed by atoms with E-state index in [0.29, 0.717) is 41.6 Å². The van der Waals surface area contributed by atoms with Gasteiger partial charge < -0.3 is 14.4 Å². The van der Waals surface area contributed by atoms with E-state index < -0.39 is 15.1 Å². The lowest BCUT2D eigenvalue weighted by Gasteiger charge is -2.31. The maximum Gasteiger partial charge on any atom is 0.185 e. The van der Waals surface area contributed by atoms with Crippen LogP contribution in [0.2, 0.25) is 5.02 Å². The van der Waals surface area contributed by atoms with E-state index in [1.54, 1.807) is 49.8 Å². The van der Waals surface area contributed by atoms with E-state index in [9.17, 15) is 8.42 Å². The van der Waals surface area contributed by atoms with E-state index in [2.05, 4.69) is 4.90 Å². The topological polar surface area (TPSA) is 68.7 Å². The molecule has 1 fully saturated rings. The molecule has 0 N–H and O–H groups in total. The van der Waals surface area contributed by atoms with Crippen molar-refractivity contribution in [2.24, 2.45) is 0 Å². The Hall–Kier alpha value is -2.29. The summed E-state index contributed by atoms with van der Waals surface area (Å²) in [4.78, 5) is 7.27. The number of methoxy groups -OCH3 is 2. The molecule has 9 heteroatoms. The Morgan fingerprint density at radius 2 is 1.77 bits per heavy atom. The Kier molecular flexibility index (Phi) is 6.41. The predicted octanol–water partition coefficient (Wildman–Crippen LogP) is 4.92. The molecule has 31 heavy (non-hydrogen) atoms. The highest BCUT2D eigenvalue weighted by molar-refractivity contribution is 7.92. The first-order valence-corrected chi connectivity index (χ1v) is 12.6. The highest BCUT2D eigenvalue weighted by Gasteiger charge is 2.32. The summed E-state index contributed by atoms with van der Waals surface area (Å²) >= 11 is 7.44. The van der Waals surface area contributed by atoms with E-state index in [-0.39, 0.29) is 0 Å². The molecule has 1 saturated heterocycles. The molecule has 0 bridgehead atoms. The van der Waals surface area contributed by atoms with Gasteiger partial charge >= 0.3 is 0 Å². The van der Waals surface area contributed by atoms with E-state index in [4.69, 9.17) is 26.1 Å². The second kappa shape index (κ2) is 9.06. The third-order valence-electron chi connectivity index (χ3n) is 5.47. The van der Waals surface area contributed by atoms with Crippen LogP contribution in [0.15, 0.2) is 52.7 Å². The van der Waals surface area contributed by atoms with Crippen molar-refractivity contribution in [2.45, 2.75) is 23.0 Å². The summed E-state index contributed by atoms with van der Waals surface area (Å²) in [6.07, 6.45) is 1.12. The van der Waals surface area contributed by atoms with Gasteiger partial charge in [0.2, 0.25) is 0 Å². The molecule has 0 saturated carbocycles. The molecule has 0 aliphatic carbocycles. The minimum atomic E-state index is -3.37. The number of anilines is 1. The zero-order valence-electron chi connectivity index (χ0n) is 17.2. The average molecular weight is 479 g/mol. The van der Waals surface area contributed by atoms with Crippen molar-refractivity contribution >= 4 is 37.9 Å². The Bertz CT molecular complexity index is 1150. The fraction of sp³-hybridized carbons (Fsp3) is 0.318. The maximum absolute atomic E-state index is 13.0. The van der Waals surface area contributed by atoms with Gasteiger partial charge in [-0.15, -0.1) is 11.3 Å². The Balaban J connectivity index is 1.47. The maximum atomic E-state index is 13.0. The molecular formula is C22H23ClN2O4S2. The van der Waals surface area contributed by atoms with Gasteiger partial charge in [-0.05, 0) is 49.2 Å². The van der Waals surface area contributed by atoms with Crippen molar-refractivity contribution in [1.29, 1.82) is 0 Å². The van der Waals surface area contributed by atoms with Crippen LogP contribution in [-0.2, 0) is 9.84 Å². The molecule has 6 nitrogen and oxygen atoms in total. The monoisotopic (exact) mass is 478 g/mol. The van der Waals surface area contributed by atoms with Crippen molar-refractivity contribution in [1.82, 2.24) is 4.98 Å². The molecule has 1 aliphatic heterocycles. The molecule has 2 aromatic carbocycles. The SMILES string of the molecule is COc1ccc(-c2csc(N3CCC(S(=O)(=O)c4ccc(Cl)cc4)CC3)n2)c(OC)c1. The first kappa shape index (κ1) is 21.9. The highest BCUT2D eigenvalue weighted by Crippen LogP contribution is 2.37. The van der Waals surface area contributed by atoms with Gasteiger partial charge in [-0.25, -0.2) is 13.4 Å². The number of thiazole rings is 1. The highest BCUT2D eigenvalue weighted by atomic mass is 35.5. The van der Waals surface area contributed by atoms with Crippen molar-refractivity contribution < 1.29 is 17.9 Å². The van der Waals surface area contributed by atoms with Gasteiger partial charge in [-0.3, -0.25) is 0 Å². The van der Waals surface area contributed by atoms with Crippen molar-refractivity contribution in [3.05, 3.63) is 52.9 Å². The summed E-state index contributed by atoms with van der Waals surface area (Å²) < 4.78 is 36.7. The van der Waals surface area contributed by atoms with Crippen LogP contribution in [0.4, 0.5) is 5.13 Å². The third-order valence-corrected chi connectivity index (χ3v) is 8.90. The zero-order chi connectivity index (χ0) is 22.0. The summed E-state index contributed by atoms with van der Waals surface area (Å²) in [7, 11) is -0.129. The quantitative estimate of drug-likeness (QED) is 0.500. The second-order valence-electron chi connectivity index (χ2n) is 7.27.